The van der Waals surface area contributed by atoms with E-state index in [1.165, 1.54) is 6.08 Å². The average molecular weight is 428 g/mol. The molecule has 0 aromatic carbocycles. The highest BCUT2D eigenvalue weighted by Crippen LogP contribution is 2.47. The summed E-state index contributed by atoms with van der Waals surface area (Å²) < 4.78 is 17.8. The van der Waals surface area contributed by atoms with Gasteiger partial charge >= 0.3 is 12.1 Å². The van der Waals surface area contributed by atoms with Gasteiger partial charge in [-0.25, -0.2) is 9.59 Å². The van der Waals surface area contributed by atoms with Crippen LogP contribution in [0.2, 0.25) is 0 Å². The first kappa shape index (κ1) is 22.1. The summed E-state index contributed by atoms with van der Waals surface area (Å²) in [5.41, 5.74) is 0.258. The number of nitrogens with one attached hydrogen (secondary N) is 1. The summed E-state index contributed by atoms with van der Waals surface area (Å²) in [5.74, 6) is -1.75. The summed E-state index contributed by atoms with van der Waals surface area (Å²) in [5, 5.41) is 12.7. The number of rotatable bonds is 3. The molecule has 2 N–H and O–H groups in total. The highest BCUT2D eigenvalue weighted by Gasteiger charge is 2.52. The van der Waals surface area contributed by atoms with Crippen molar-refractivity contribution in [2.24, 2.45) is 5.92 Å². The molecule has 29 heavy (non-hydrogen) atoms. The van der Waals surface area contributed by atoms with Gasteiger partial charge in [-0.05, 0) is 72.0 Å². The Bertz CT molecular complexity index is 747. The molecule has 1 amide bonds. The van der Waals surface area contributed by atoms with Crippen LogP contribution in [-0.2, 0) is 19.0 Å². The van der Waals surface area contributed by atoms with Crippen molar-refractivity contribution in [3.8, 4) is 0 Å². The maximum atomic E-state index is 12.0. The van der Waals surface area contributed by atoms with E-state index in [9.17, 15) is 14.7 Å². The Kier molecular flexibility index (Phi) is 6.05. The van der Waals surface area contributed by atoms with Crippen molar-refractivity contribution in [1.82, 2.24) is 5.32 Å². The van der Waals surface area contributed by atoms with Crippen LogP contribution in [0.3, 0.4) is 0 Å². The number of carboxylic acids is 1. The Morgan fingerprint density at radius 2 is 1.79 bits per heavy atom. The van der Waals surface area contributed by atoms with Gasteiger partial charge < -0.3 is 24.6 Å². The average Bonchev–Trinajstić information content (AvgIpc) is 2.96. The predicted octanol–water partition coefficient (Wildman–Crippen LogP) is 4.11. The number of halogens is 1. The predicted molar refractivity (Wildman–Crippen MR) is 108 cm³/mol. The van der Waals surface area contributed by atoms with Crippen LogP contribution in [0.1, 0.15) is 60.3 Å². The molecule has 8 heteroatoms. The molecule has 1 heterocycles. The van der Waals surface area contributed by atoms with Crippen LogP contribution in [0.5, 0.6) is 0 Å². The van der Waals surface area contributed by atoms with E-state index in [-0.39, 0.29) is 17.5 Å². The molecular weight excluding hydrogens is 398 g/mol. The number of alkyl carbamates (subject to hydrolysis) is 1. The first-order chi connectivity index (χ1) is 13.4. The Balaban J connectivity index is 1.61. The van der Waals surface area contributed by atoms with Crippen molar-refractivity contribution in [2.45, 2.75) is 89.9 Å². The topological polar surface area (TPSA) is 94.1 Å². The first-order valence-corrected chi connectivity index (χ1v) is 10.4. The number of hydrogen-bond acceptors (Lipinski definition) is 5. The largest absolute Gasteiger partial charge is 0.478 e. The molecule has 2 unspecified atom stereocenters. The molecule has 1 saturated heterocycles. The lowest BCUT2D eigenvalue weighted by Crippen LogP contribution is -2.45. The van der Waals surface area contributed by atoms with Gasteiger partial charge in [0.05, 0.1) is 10.6 Å². The fraction of sp³-hybridized carbons (Fsp3) is 0.714. The third kappa shape index (κ3) is 4.78. The zero-order valence-corrected chi connectivity index (χ0v) is 18.3. The number of ether oxygens (including phenoxy) is 3. The number of carbonyl (C=O) groups excluding carboxylic acids is 1. The molecule has 2 aliphatic carbocycles. The second-order valence-corrected chi connectivity index (χ2v) is 9.66. The summed E-state index contributed by atoms with van der Waals surface area (Å²) >= 11 is 6.32. The van der Waals surface area contributed by atoms with Crippen molar-refractivity contribution in [3.05, 3.63) is 22.3 Å². The molecule has 7 nitrogen and oxygen atoms in total. The van der Waals surface area contributed by atoms with E-state index < -0.39 is 35.7 Å². The number of amides is 1. The smallest absolute Gasteiger partial charge is 0.407 e. The molecule has 3 aliphatic rings. The molecule has 3 atom stereocenters. The fourth-order valence-electron chi connectivity index (χ4n) is 4.32. The van der Waals surface area contributed by atoms with Gasteiger partial charge in [-0.3, -0.25) is 0 Å². The van der Waals surface area contributed by atoms with E-state index in [4.69, 9.17) is 25.8 Å². The molecular formula is C21H30ClNO6. The summed E-state index contributed by atoms with van der Waals surface area (Å²) in [7, 11) is 0. The van der Waals surface area contributed by atoms with Crippen LogP contribution < -0.4 is 5.32 Å². The number of hydrogen-bond donors (Lipinski definition) is 2. The van der Waals surface area contributed by atoms with Crippen LogP contribution in [0.25, 0.3) is 0 Å². The van der Waals surface area contributed by atoms with Crippen LogP contribution in [0.15, 0.2) is 22.3 Å². The number of carbonyl (C=O) groups is 2. The van der Waals surface area contributed by atoms with Gasteiger partial charge in [0, 0.05) is 12.0 Å². The van der Waals surface area contributed by atoms with Gasteiger partial charge in [0.2, 0.25) is 0 Å². The van der Waals surface area contributed by atoms with E-state index in [1.54, 1.807) is 6.92 Å². The van der Waals surface area contributed by atoms with Gasteiger partial charge in [-0.15, -0.1) is 0 Å². The third-order valence-corrected chi connectivity index (χ3v) is 6.15. The lowest BCUT2D eigenvalue weighted by atomic mass is 9.81. The summed E-state index contributed by atoms with van der Waals surface area (Å²) in [4.78, 5) is 23.5. The van der Waals surface area contributed by atoms with Crippen LogP contribution in [0.4, 0.5) is 4.79 Å². The van der Waals surface area contributed by atoms with Crippen LogP contribution >= 0.6 is 11.6 Å². The van der Waals surface area contributed by atoms with E-state index in [1.807, 2.05) is 27.7 Å². The minimum absolute atomic E-state index is 0.0529. The quantitative estimate of drug-likeness (QED) is 0.703. The fourth-order valence-corrected chi connectivity index (χ4v) is 4.59. The Morgan fingerprint density at radius 3 is 2.34 bits per heavy atom. The monoisotopic (exact) mass is 427 g/mol. The molecule has 0 aromatic heterocycles. The maximum absolute atomic E-state index is 12.0. The highest BCUT2D eigenvalue weighted by molar-refractivity contribution is 6.31. The van der Waals surface area contributed by atoms with E-state index in [0.29, 0.717) is 10.6 Å². The lowest BCUT2D eigenvalue weighted by Gasteiger charge is -2.38. The summed E-state index contributed by atoms with van der Waals surface area (Å²) in [6, 6.07) is 0.0529. The van der Waals surface area contributed by atoms with Gasteiger partial charge in [0.25, 0.3) is 0 Å². The van der Waals surface area contributed by atoms with Crippen LogP contribution in [0, 0.1) is 5.92 Å². The molecule has 0 spiro atoms. The molecule has 0 aromatic rings. The number of aliphatic carboxylic acids is 1. The first-order valence-electron chi connectivity index (χ1n) is 10.1. The van der Waals surface area contributed by atoms with Crippen molar-refractivity contribution >= 4 is 23.7 Å². The number of carboxylic acid groups (broad SMARTS) is 1. The second kappa shape index (κ2) is 7.93. The van der Waals surface area contributed by atoms with Crippen molar-refractivity contribution < 1.29 is 28.9 Å². The lowest BCUT2D eigenvalue weighted by molar-refractivity contribution is -0.200. The molecule has 162 valence electrons. The Labute approximate surface area is 176 Å². The molecule has 0 bridgehead atoms. The van der Waals surface area contributed by atoms with Gasteiger partial charge in [0.15, 0.2) is 5.79 Å². The Hall–Kier alpha value is -1.57. The summed E-state index contributed by atoms with van der Waals surface area (Å²) in [6.07, 6.45) is 3.28. The van der Waals surface area contributed by atoms with E-state index >= 15 is 0 Å². The van der Waals surface area contributed by atoms with Gasteiger partial charge in [0.1, 0.15) is 17.8 Å². The van der Waals surface area contributed by atoms with Gasteiger partial charge in [-0.2, -0.15) is 0 Å². The van der Waals surface area contributed by atoms with Crippen molar-refractivity contribution in [2.75, 3.05) is 0 Å². The molecule has 2 fully saturated rings. The Morgan fingerprint density at radius 1 is 1.21 bits per heavy atom. The molecule has 1 saturated carbocycles. The van der Waals surface area contributed by atoms with Crippen molar-refractivity contribution in [3.63, 3.8) is 0 Å². The minimum atomic E-state index is -1.02. The zero-order valence-electron chi connectivity index (χ0n) is 17.6. The normalized spacial score (nSPS) is 35.0. The molecule has 3 rings (SSSR count). The van der Waals surface area contributed by atoms with Crippen molar-refractivity contribution in [1.29, 1.82) is 0 Å². The number of fused-ring (bicyclic) bond motifs is 1. The SMILES string of the molecule is CC1=C(C(=O)O)C=C(Cl)C2O[C@@](C)([C@H]3CC[C@H](NC(=O)OC(C)(C)C)CC3)OC12. The molecule has 1 aliphatic heterocycles. The minimum Gasteiger partial charge on any atom is -0.478 e. The summed E-state index contributed by atoms with van der Waals surface area (Å²) in [6.45, 7) is 9.16. The third-order valence-electron chi connectivity index (χ3n) is 5.82. The second-order valence-electron chi connectivity index (χ2n) is 9.22. The van der Waals surface area contributed by atoms with Gasteiger partial charge in [-0.1, -0.05) is 11.6 Å². The molecule has 0 radical (unpaired) electrons. The standard InChI is InChI=1S/C21H30ClNO6/c1-11-14(18(24)25)10-15(22)17-16(11)27-21(5,28-17)12-6-8-13(9-7-12)23-19(26)29-20(2,3)4/h10,12-13,16-17H,6-9H2,1-5H3,(H,23,26)(H,24,25)/t12-,13-,16?,17?,21-/m0/s1. The van der Waals surface area contributed by atoms with Crippen LogP contribution in [-0.4, -0.2) is 46.8 Å². The van der Waals surface area contributed by atoms with E-state index in [0.717, 1.165) is 25.7 Å². The maximum Gasteiger partial charge on any atom is 0.407 e. The highest BCUT2D eigenvalue weighted by atomic mass is 35.5. The zero-order chi connectivity index (χ0) is 21.6. The van der Waals surface area contributed by atoms with E-state index in [2.05, 4.69) is 5.32 Å².